The standard InChI is InChI=1S/C66H44N2/c1-2-13-45(14-3-1)46-25-27-47(28-26-46)52-15-12-16-53(43-52)48-29-31-50(32-30-48)57-42-37-54(49-33-38-55(39-34-49)67-63-21-8-4-17-58(63)59-18-5-9-22-64(59)67)44-62(57)51-35-40-56(41-36-51)68-65-23-10-6-19-60(65)61-20-7-11-24-66(61)68/h1-44H. The first kappa shape index (κ1) is 39.4. The zero-order valence-corrected chi connectivity index (χ0v) is 37.3. The minimum atomic E-state index is 1.14. The van der Waals surface area contributed by atoms with E-state index >= 15 is 0 Å². The van der Waals surface area contributed by atoms with Crippen molar-refractivity contribution in [1.29, 1.82) is 0 Å². The van der Waals surface area contributed by atoms with Gasteiger partial charge < -0.3 is 9.13 Å². The zero-order chi connectivity index (χ0) is 45.0. The predicted molar refractivity (Wildman–Crippen MR) is 288 cm³/mol. The molecule has 2 aromatic heterocycles. The second kappa shape index (κ2) is 16.5. The maximum atomic E-state index is 2.39. The number of para-hydroxylation sites is 4. The van der Waals surface area contributed by atoms with E-state index in [1.807, 2.05) is 0 Å². The van der Waals surface area contributed by atoms with Crippen LogP contribution in [0.5, 0.6) is 0 Å². The summed E-state index contributed by atoms with van der Waals surface area (Å²) in [5.74, 6) is 0. The molecule has 13 aromatic rings. The van der Waals surface area contributed by atoms with Gasteiger partial charge >= 0.3 is 0 Å². The van der Waals surface area contributed by atoms with E-state index in [-0.39, 0.29) is 0 Å². The summed E-state index contributed by atoms with van der Waals surface area (Å²) in [5.41, 5.74) is 21.5. The fourth-order valence-electron chi connectivity index (χ4n) is 10.4. The molecule has 0 N–H and O–H groups in total. The van der Waals surface area contributed by atoms with Crippen LogP contribution in [0.4, 0.5) is 0 Å². The van der Waals surface area contributed by atoms with Crippen molar-refractivity contribution in [1.82, 2.24) is 9.13 Å². The molecule has 2 heterocycles. The van der Waals surface area contributed by atoms with Crippen LogP contribution < -0.4 is 0 Å². The van der Waals surface area contributed by atoms with E-state index in [4.69, 9.17) is 0 Å². The molecule has 0 unspecified atom stereocenters. The Morgan fingerprint density at radius 3 is 0.926 bits per heavy atom. The molecule has 0 aliphatic rings. The maximum absolute atomic E-state index is 2.39. The fraction of sp³-hybridized carbons (Fsp3) is 0. The average molecular weight is 865 g/mol. The van der Waals surface area contributed by atoms with E-state index in [0.717, 1.165) is 11.4 Å². The van der Waals surface area contributed by atoms with Gasteiger partial charge in [0.2, 0.25) is 0 Å². The number of benzene rings is 11. The number of nitrogens with zero attached hydrogens (tertiary/aromatic N) is 2. The molecule has 0 saturated heterocycles. The van der Waals surface area contributed by atoms with Crippen LogP contribution in [0.1, 0.15) is 0 Å². The highest BCUT2D eigenvalue weighted by Gasteiger charge is 2.16. The van der Waals surface area contributed by atoms with Crippen LogP contribution in [0.15, 0.2) is 267 Å². The highest BCUT2D eigenvalue weighted by molar-refractivity contribution is 6.10. The largest absolute Gasteiger partial charge is 0.309 e. The number of aromatic nitrogens is 2. The summed E-state index contributed by atoms with van der Waals surface area (Å²) in [6.45, 7) is 0. The van der Waals surface area contributed by atoms with Crippen molar-refractivity contribution in [3.8, 4) is 78.1 Å². The lowest BCUT2D eigenvalue weighted by molar-refractivity contribution is 1.18. The van der Waals surface area contributed by atoms with Gasteiger partial charge in [0.25, 0.3) is 0 Å². The molecule has 0 saturated carbocycles. The molecule has 2 heteroatoms. The molecule has 13 rings (SSSR count). The molecular weight excluding hydrogens is 821 g/mol. The Morgan fingerprint density at radius 1 is 0.176 bits per heavy atom. The van der Waals surface area contributed by atoms with Crippen LogP contribution in [0.2, 0.25) is 0 Å². The van der Waals surface area contributed by atoms with Gasteiger partial charge in [-0.2, -0.15) is 0 Å². The lowest BCUT2D eigenvalue weighted by Gasteiger charge is -2.16. The molecule has 318 valence electrons. The number of hydrogen-bond acceptors (Lipinski definition) is 0. The average Bonchev–Trinajstić information content (AvgIpc) is 3.94. The summed E-state index contributed by atoms with van der Waals surface area (Å²) in [6, 6.07) is 97.4. The molecule has 0 aliphatic carbocycles. The second-order valence-corrected chi connectivity index (χ2v) is 17.7. The van der Waals surface area contributed by atoms with Gasteiger partial charge in [-0.1, -0.05) is 206 Å². The van der Waals surface area contributed by atoms with Crippen molar-refractivity contribution in [2.45, 2.75) is 0 Å². The van der Waals surface area contributed by atoms with Gasteiger partial charge in [-0.25, -0.2) is 0 Å². The first-order chi connectivity index (χ1) is 33.7. The highest BCUT2D eigenvalue weighted by atomic mass is 15.0. The van der Waals surface area contributed by atoms with E-state index in [2.05, 4.69) is 276 Å². The monoisotopic (exact) mass is 864 g/mol. The topological polar surface area (TPSA) is 9.86 Å². The SMILES string of the molecule is c1ccc(-c2ccc(-c3cccc(-c4ccc(-c5ccc(-c6ccc(-n7c8ccccc8c8ccccc87)cc6)cc5-c5ccc(-n6c7ccccc7c7ccccc76)cc5)cc4)c3)cc2)cc1. The van der Waals surface area contributed by atoms with Crippen LogP contribution >= 0.6 is 0 Å². The first-order valence-corrected chi connectivity index (χ1v) is 23.4. The molecule has 68 heavy (non-hydrogen) atoms. The predicted octanol–water partition coefficient (Wildman–Crippen LogP) is 17.9. The molecule has 0 radical (unpaired) electrons. The molecule has 0 spiro atoms. The van der Waals surface area contributed by atoms with Gasteiger partial charge in [0.15, 0.2) is 0 Å². The molecule has 0 aliphatic heterocycles. The number of fused-ring (bicyclic) bond motifs is 6. The summed E-state index contributed by atoms with van der Waals surface area (Å²) in [6.07, 6.45) is 0. The molecule has 11 aromatic carbocycles. The summed E-state index contributed by atoms with van der Waals surface area (Å²) >= 11 is 0. The molecule has 0 atom stereocenters. The van der Waals surface area contributed by atoms with Crippen molar-refractivity contribution in [3.05, 3.63) is 267 Å². The molecule has 0 amide bonds. The highest BCUT2D eigenvalue weighted by Crippen LogP contribution is 2.40. The third-order valence-corrected chi connectivity index (χ3v) is 13.8. The fourth-order valence-corrected chi connectivity index (χ4v) is 10.4. The Hall–Kier alpha value is -8.98. The number of hydrogen-bond donors (Lipinski definition) is 0. The quantitative estimate of drug-likeness (QED) is 0.144. The molecule has 0 bridgehead atoms. The zero-order valence-electron chi connectivity index (χ0n) is 37.3. The van der Waals surface area contributed by atoms with E-state index in [1.54, 1.807) is 0 Å². The molecule has 0 fully saturated rings. The van der Waals surface area contributed by atoms with Crippen LogP contribution in [-0.2, 0) is 0 Å². The van der Waals surface area contributed by atoms with Crippen LogP contribution in [0.3, 0.4) is 0 Å². The van der Waals surface area contributed by atoms with Gasteiger partial charge in [0.1, 0.15) is 0 Å². The Kier molecular flexibility index (Phi) is 9.54. The number of rotatable bonds is 8. The van der Waals surface area contributed by atoms with Crippen molar-refractivity contribution in [2.75, 3.05) is 0 Å². The van der Waals surface area contributed by atoms with Crippen LogP contribution in [0.25, 0.3) is 122 Å². The van der Waals surface area contributed by atoms with Gasteiger partial charge in [0.05, 0.1) is 22.1 Å². The second-order valence-electron chi connectivity index (χ2n) is 17.7. The summed E-state index contributed by atoms with van der Waals surface area (Å²) in [7, 11) is 0. The lowest BCUT2D eigenvalue weighted by Crippen LogP contribution is -1.94. The maximum Gasteiger partial charge on any atom is 0.0541 e. The van der Waals surface area contributed by atoms with Crippen molar-refractivity contribution >= 4 is 43.6 Å². The van der Waals surface area contributed by atoms with Gasteiger partial charge in [-0.05, 0) is 127 Å². The lowest BCUT2D eigenvalue weighted by atomic mass is 9.90. The molecular formula is C66H44N2. The van der Waals surface area contributed by atoms with Crippen LogP contribution in [-0.4, -0.2) is 9.13 Å². The van der Waals surface area contributed by atoms with Gasteiger partial charge in [-0.3, -0.25) is 0 Å². The van der Waals surface area contributed by atoms with Crippen LogP contribution in [0, 0.1) is 0 Å². The third kappa shape index (κ3) is 6.82. The third-order valence-electron chi connectivity index (χ3n) is 13.8. The normalized spacial score (nSPS) is 11.5. The summed E-state index contributed by atoms with van der Waals surface area (Å²) < 4.78 is 4.77. The Bertz CT molecular complexity index is 3860. The van der Waals surface area contributed by atoms with E-state index in [0.29, 0.717) is 0 Å². The molecule has 2 nitrogen and oxygen atoms in total. The van der Waals surface area contributed by atoms with E-state index in [1.165, 1.54) is 110 Å². The van der Waals surface area contributed by atoms with E-state index in [9.17, 15) is 0 Å². The van der Waals surface area contributed by atoms with Crippen molar-refractivity contribution < 1.29 is 0 Å². The minimum Gasteiger partial charge on any atom is -0.309 e. The van der Waals surface area contributed by atoms with Gasteiger partial charge in [0, 0.05) is 32.9 Å². The minimum absolute atomic E-state index is 1.14. The summed E-state index contributed by atoms with van der Waals surface area (Å²) in [4.78, 5) is 0. The smallest absolute Gasteiger partial charge is 0.0541 e. The first-order valence-electron chi connectivity index (χ1n) is 23.4. The van der Waals surface area contributed by atoms with Crippen molar-refractivity contribution in [3.63, 3.8) is 0 Å². The Balaban J connectivity index is 0.873. The van der Waals surface area contributed by atoms with E-state index < -0.39 is 0 Å². The van der Waals surface area contributed by atoms with Gasteiger partial charge in [-0.15, -0.1) is 0 Å². The Labute approximate surface area is 395 Å². The summed E-state index contributed by atoms with van der Waals surface area (Å²) in [5, 5.41) is 5.06. The Morgan fingerprint density at radius 2 is 0.471 bits per heavy atom. The van der Waals surface area contributed by atoms with Crippen molar-refractivity contribution in [2.24, 2.45) is 0 Å².